The van der Waals surface area contributed by atoms with Crippen molar-refractivity contribution in [3.63, 3.8) is 0 Å². The lowest BCUT2D eigenvalue weighted by Crippen LogP contribution is -2.52. The number of thioether (sulfide) groups is 1. The molecule has 0 aromatic carbocycles. The molecule has 0 saturated heterocycles. The SMILES string of the molecule is Cc1nnc(S[C@H](C)C(=O)N(C)C2(C#N)CCCCC2)n1C1CC1. The molecule has 3 rings (SSSR count). The molecule has 0 unspecified atom stereocenters. The van der Waals surface area contributed by atoms with Gasteiger partial charge in [0.25, 0.3) is 0 Å². The van der Waals surface area contributed by atoms with Gasteiger partial charge in [0.1, 0.15) is 11.4 Å². The monoisotopic (exact) mass is 347 g/mol. The number of nitrogens with zero attached hydrogens (tertiary/aromatic N) is 5. The zero-order chi connectivity index (χ0) is 17.3. The van der Waals surface area contributed by atoms with E-state index < -0.39 is 5.54 Å². The third-order valence-corrected chi connectivity index (χ3v) is 6.28. The van der Waals surface area contributed by atoms with Crippen LogP contribution < -0.4 is 0 Å². The third kappa shape index (κ3) is 3.16. The van der Waals surface area contributed by atoms with E-state index in [0.717, 1.165) is 55.9 Å². The summed E-state index contributed by atoms with van der Waals surface area (Å²) >= 11 is 1.46. The van der Waals surface area contributed by atoms with Crippen molar-refractivity contribution in [1.29, 1.82) is 5.26 Å². The molecule has 130 valence electrons. The molecule has 2 aliphatic carbocycles. The zero-order valence-corrected chi connectivity index (χ0v) is 15.5. The molecule has 2 saturated carbocycles. The number of hydrogen-bond acceptors (Lipinski definition) is 5. The predicted molar refractivity (Wildman–Crippen MR) is 92.5 cm³/mol. The summed E-state index contributed by atoms with van der Waals surface area (Å²) in [5.74, 6) is 0.917. The molecule has 0 N–H and O–H groups in total. The Bertz CT molecular complexity index is 654. The summed E-state index contributed by atoms with van der Waals surface area (Å²) in [6.45, 7) is 3.86. The first-order chi connectivity index (χ1) is 11.5. The second-order valence-corrected chi connectivity index (χ2v) is 8.30. The highest BCUT2D eigenvalue weighted by molar-refractivity contribution is 8.00. The fourth-order valence-corrected chi connectivity index (χ4v) is 4.59. The highest BCUT2D eigenvalue weighted by Gasteiger charge is 2.40. The van der Waals surface area contributed by atoms with Gasteiger partial charge >= 0.3 is 0 Å². The van der Waals surface area contributed by atoms with Crippen LogP contribution in [-0.4, -0.2) is 43.4 Å². The number of nitriles is 1. The molecule has 0 aliphatic heterocycles. The third-order valence-electron chi connectivity index (χ3n) is 5.24. The lowest BCUT2D eigenvalue weighted by atomic mass is 9.81. The van der Waals surface area contributed by atoms with Crippen LogP contribution in [0.25, 0.3) is 0 Å². The van der Waals surface area contributed by atoms with Crippen LogP contribution in [0, 0.1) is 18.3 Å². The van der Waals surface area contributed by atoms with Crippen LogP contribution >= 0.6 is 11.8 Å². The molecule has 1 heterocycles. The van der Waals surface area contributed by atoms with E-state index in [-0.39, 0.29) is 11.2 Å². The number of carbonyl (C=O) groups excluding carboxylic acids is 1. The summed E-state index contributed by atoms with van der Waals surface area (Å²) in [5.41, 5.74) is -0.635. The van der Waals surface area contributed by atoms with Crippen LogP contribution in [0.3, 0.4) is 0 Å². The molecule has 0 spiro atoms. The lowest BCUT2D eigenvalue weighted by molar-refractivity contribution is -0.133. The Morgan fingerprint density at radius 1 is 1.38 bits per heavy atom. The first kappa shape index (κ1) is 17.3. The van der Waals surface area contributed by atoms with E-state index in [1.807, 2.05) is 13.8 Å². The lowest BCUT2D eigenvalue weighted by Gasteiger charge is -2.40. The van der Waals surface area contributed by atoms with Crippen LogP contribution in [-0.2, 0) is 4.79 Å². The van der Waals surface area contributed by atoms with Crippen LogP contribution in [0.1, 0.15) is 63.7 Å². The minimum absolute atomic E-state index is 0.00597. The number of aryl methyl sites for hydroxylation is 1. The van der Waals surface area contributed by atoms with Gasteiger partial charge in [-0.2, -0.15) is 5.26 Å². The van der Waals surface area contributed by atoms with Crippen molar-refractivity contribution in [2.24, 2.45) is 0 Å². The number of carbonyl (C=O) groups is 1. The van der Waals surface area contributed by atoms with Crippen LogP contribution in [0.2, 0.25) is 0 Å². The Hall–Kier alpha value is -1.55. The maximum Gasteiger partial charge on any atom is 0.236 e. The molecule has 0 bridgehead atoms. The molecule has 6 nitrogen and oxygen atoms in total. The van der Waals surface area contributed by atoms with E-state index >= 15 is 0 Å². The molecular weight excluding hydrogens is 322 g/mol. The van der Waals surface area contributed by atoms with Crippen molar-refractivity contribution in [2.75, 3.05) is 7.05 Å². The van der Waals surface area contributed by atoms with E-state index in [9.17, 15) is 10.1 Å². The fraction of sp³-hybridized carbons (Fsp3) is 0.765. The van der Waals surface area contributed by atoms with E-state index in [1.54, 1.807) is 11.9 Å². The topological polar surface area (TPSA) is 74.8 Å². The molecule has 1 amide bonds. The van der Waals surface area contributed by atoms with Gasteiger partial charge in [0.05, 0.1) is 11.3 Å². The standard InChI is InChI=1S/C17H25N5OS/c1-12(24-16-20-19-13(2)22(16)14-7-8-14)15(23)21(3)17(11-18)9-5-4-6-10-17/h12,14H,4-10H2,1-3H3/t12-/m1/s1. The minimum Gasteiger partial charge on any atom is -0.326 e. The van der Waals surface area contributed by atoms with Gasteiger partial charge in [-0.25, -0.2) is 0 Å². The average Bonchev–Trinajstić information content (AvgIpc) is 3.37. The van der Waals surface area contributed by atoms with Gasteiger partial charge in [-0.15, -0.1) is 10.2 Å². The highest BCUT2D eigenvalue weighted by Crippen LogP contribution is 2.40. The summed E-state index contributed by atoms with van der Waals surface area (Å²) < 4.78 is 2.15. The van der Waals surface area contributed by atoms with Crippen molar-refractivity contribution >= 4 is 17.7 Å². The summed E-state index contributed by atoms with van der Waals surface area (Å²) in [7, 11) is 1.78. The number of hydrogen-bond donors (Lipinski definition) is 0. The molecule has 0 radical (unpaired) electrons. The first-order valence-corrected chi connectivity index (χ1v) is 9.63. The van der Waals surface area contributed by atoms with E-state index in [0.29, 0.717) is 6.04 Å². The maximum atomic E-state index is 12.9. The Balaban J connectivity index is 1.71. The summed E-state index contributed by atoms with van der Waals surface area (Å²) in [6, 6.07) is 2.92. The highest BCUT2D eigenvalue weighted by atomic mass is 32.2. The Morgan fingerprint density at radius 3 is 2.62 bits per heavy atom. The van der Waals surface area contributed by atoms with Crippen LogP contribution in [0.4, 0.5) is 0 Å². The molecule has 1 aromatic rings. The molecule has 2 fully saturated rings. The van der Waals surface area contributed by atoms with Crippen molar-refractivity contribution in [3.8, 4) is 6.07 Å². The summed E-state index contributed by atoms with van der Waals surface area (Å²) in [5, 5.41) is 18.6. The predicted octanol–water partition coefficient (Wildman–Crippen LogP) is 3.09. The average molecular weight is 347 g/mol. The molecule has 24 heavy (non-hydrogen) atoms. The Morgan fingerprint density at radius 2 is 2.04 bits per heavy atom. The van der Waals surface area contributed by atoms with Crippen LogP contribution in [0.15, 0.2) is 5.16 Å². The van der Waals surface area contributed by atoms with Gasteiger partial charge in [0.2, 0.25) is 5.91 Å². The minimum atomic E-state index is -0.635. The van der Waals surface area contributed by atoms with Crippen molar-refractivity contribution in [1.82, 2.24) is 19.7 Å². The van der Waals surface area contributed by atoms with Gasteiger partial charge in [-0.05, 0) is 39.5 Å². The maximum absolute atomic E-state index is 12.9. The molecule has 1 aromatic heterocycles. The fourth-order valence-electron chi connectivity index (χ4n) is 3.53. The second kappa shape index (κ2) is 6.75. The van der Waals surface area contributed by atoms with E-state index in [1.165, 1.54) is 11.8 Å². The van der Waals surface area contributed by atoms with Crippen molar-refractivity contribution in [2.45, 2.75) is 80.8 Å². The normalized spacial score (nSPS) is 21.1. The second-order valence-electron chi connectivity index (χ2n) is 6.99. The smallest absolute Gasteiger partial charge is 0.236 e. The largest absolute Gasteiger partial charge is 0.326 e. The van der Waals surface area contributed by atoms with Gasteiger partial charge in [0, 0.05) is 13.1 Å². The summed E-state index contributed by atoms with van der Waals surface area (Å²) in [4.78, 5) is 14.6. The van der Waals surface area contributed by atoms with Gasteiger partial charge in [0.15, 0.2) is 5.16 Å². The zero-order valence-electron chi connectivity index (χ0n) is 14.7. The molecule has 7 heteroatoms. The number of rotatable bonds is 5. The van der Waals surface area contributed by atoms with Gasteiger partial charge in [-0.1, -0.05) is 31.0 Å². The number of aromatic nitrogens is 3. The van der Waals surface area contributed by atoms with Gasteiger partial charge in [-0.3, -0.25) is 4.79 Å². The van der Waals surface area contributed by atoms with E-state index in [4.69, 9.17) is 0 Å². The summed E-state index contributed by atoms with van der Waals surface area (Å²) in [6.07, 6.45) is 7.06. The Labute approximate surface area is 147 Å². The quantitative estimate of drug-likeness (QED) is 0.765. The van der Waals surface area contributed by atoms with Crippen molar-refractivity contribution in [3.05, 3.63) is 5.82 Å². The van der Waals surface area contributed by atoms with E-state index in [2.05, 4.69) is 20.8 Å². The molecular formula is C17H25N5OS. The Kier molecular flexibility index (Phi) is 4.86. The van der Waals surface area contributed by atoms with Crippen LogP contribution in [0.5, 0.6) is 0 Å². The van der Waals surface area contributed by atoms with Gasteiger partial charge < -0.3 is 9.47 Å². The molecule has 2 aliphatic rings. The number of amides is 1. The molecule has 1 atom stereocenters. The first-order valence-electron chi connectivity index (χ1n) is 8.75. The van der Waals surface area contributed by atoms with Crippen molar-refractivity contribution < 1.29 is 4.79 Å².